The second kappa shape index (κ2) is 5.29. The maximum Gasteiger partial charge on any atom is 0.306 e. The Kier molecular flexibility index (Phi) is 3.97. The fraction of sp³-hybridized carbons (Fsp3) is 0.833. The molecule has 1 N–H and O–H groups in total. The van der Waals surface area contributed by atoms with Crippen molar-refractivity contribution in [3.05, 3.63) is 0 Å². The minimum absolute atomic E-state index is 0.0681. The minimum Gasteiger partial charge on any atom is -0.481 e. The quantitative estimate of drug-likeness (QED) is 0.816. The molecule has 0 spiro atoms. The molecule has 2 heterocycles. The predicted molar refractivity (Wildman–Crippen MR) is 67.0 cm³/mol. The molecule has 96 valence electrons. The SMILES string of the molecule is CC1CC(C(=O)O)CCN1C(=O)C1CCCS1. The van der Waals surface area contributed by atoms with Crippen LogP contribution in [-0.4, -0.2) is 45.5 Å². The van der Waals surface area contributed by atoms with Crippen molar-refractivity contribution in [3.63, 3.8) is 0 Å². The van der Waals surface area contributed by atoms with Crippen LogP contribution in [0.2, 0.25) is 0 Å². The third-order valence-corrected chi connectivity index (χ3v) is 5.08. The van der Waals surface area contributed by atoms with Crippen LogP contribution in [0, 0.1) is 5.92 Å². The first kappa shape index (κ1) is 12.7. The standard InChI is InChI=1S/C12H19NO3S/c1-8-7-9(12(15)16)4-5-13(8)11(14)10-3-2-6-17-10/h8-10H,2-7H2,1H3,(H,15,16). The molecule has 2 rings (SSSR count). The molecule has 2 fully saturated rings. The molecule has 4 nitrogen and oxygen atoms in total. The van der Waals surface area contributed by atoms with Crippen LogP contribution in [0.3, 0.4) is 0 Å². The maximum absolute atomic E-state index is 12.2. The van der Waals surface area contributed by atoms with Gasteiger partial charge in [-0.1, -0.05) is 0 Å². The Labute approximate surface area is 106 Å². The first-order chi connectivity index (χ1) is 8.09. The summed E-state index contributed by atoms with van der Waals surface area (Å²) < 4.78 is 0. The van der Waals surface area contributed by atoms with Crippen LogP contribution >= 0.6 is 11.8 Å². The molecule has 3 atom stereocenters. The van der Waals surface area contributed by atoms with Crippen LogP contribution in [0.5, 0.6) is 0 Å². The summed E-state index contributed by atoms with van der Waals surface area (Å²) in [7, 11) is 0. The molecule has 2 aliphatic heterocycles. The molecule has 2 aliphatic rings. The number of aliphatic carboxylic acids is 1. The fourth-order valence-electron chi connectivity index (χ4n) is 2.68. The summed E-state index contributed by atoms with van der Waals surface area (Å²) in [6.07, 6.45) is 3.30. The number of carboxylic acid groups (broad SMARTS) is 1. The van der Waals surface area contributed by atoms with Gasteiger partial charge in [-0.15, -0.1) is 11.8 Å². The Morgan fingerprint density at radius 3 is 2.65 bits per heavy atom. The highest BCUT2D eigenvalue weighted by atomic mass is 32.2. The first-order valence-electron chi connectivity index (χ1n) is 6.24. The third-order valence-electron chi connectivity index (χ3n) is 3.71. The average Bonchev–Trinajstić information content (AvgIpc) is 2.81. The van der Waals surface area contributed by atoms with Crippen LogP contribution in [-0.2, 0) is 9.59 Å². The largest absolute Gasteiger partial charge is 0.481 e. The summed E-state index contributed by atoms with van der Waals surface area (Å²) in [6.45, 7) is 2.57. The van der Waals surface area contributed by atoms with Gasteiger partial charge in [0.1, 0.15) is 0 Å². The highest BCUT2D eigenvalue weighted by Crippen LogP contribution is 2.31. The Balaban J connectivity index is 1.94. The van der Waals surface area contributed by atoms with E-state index in [0.717, 1.165) is 18.6 Å². The van der Waals surface area contributed by atoms with Crippen molar-refractivity contribution in [2.45, 2.75) is 43.9 Å². The molecular weight excluding hydrogens is 238 g/mol. The summed E-state index contributed by atoms with van der Waals surface area (Å²) in [4.78, 5) is 25.1. The summed E-state index contributed by atoms with van der Waals surface area (Å²) in [5.41, 5.74) is 0. The lowest BCUT2D eigenvalue weighted by Gasteiger charge is -2.37. The summed E-state index contributed by atoms with van der Waals surface area (Å²) in [5.74, 6) is 0.310. The van der Waals surface area contributed by atoms with Gasteiger partial charge in [-0.05, 0) is 38.4 Å². The topological polar surface area (TPSA) is 57.6 Å². The number of nitrogens with zero attached hydrogens (tertiary/aromatic N) is 1. The van der Waals surface area contributed by atoms with Crippen molar-refractivity contribution >= 4 is 23.6 Å². The number of likely N-dealkylation sites (tertiary alicyclic amines) is 1. The lowest BCUT2D eigenvalue weighted by Crippen LogP contribution is -2.48. The molecular formula is C12H19NO3S. The molecule has 0 aliphatic carbocycles. The maximum atomic E-state index is 12.2. The minimum atomic E-state index is -0.723. The zero-order valence-corrected chi connectivity index (χ0v) is 10.9. The highest BCUT2D eigenvalue weighted by Gasteiger charge is 2.35. The number of rotatable bonds is 2. The second-order valence-corrected chi connectivity index (χ2v) is 6.25. The van der Waals surface area contributed by atoms with Crippen molar-refractivity contribution in [3.8, 4) is 0 Å². The van der Waals surface area contributed by atoms with Gasteiger partial charge >= 0.3 is 5.97 Å². The number of thioether (sulfide) groups is 1. The Morgan fingerprint density at radius 1 is 1.35 bits per heavy atom. The number of carboxylic acids is 1. The monoisotopic (exact) mass is 257 g/mol. The second-order valence-electron chi connectivity index (χ2n) is 4.94. The van der Waals surface area contributed by atoms with Gasteiger partial charge in [0.25, 0.3) is 0 Å². The van der Waals surface area contributed by atoms with Gasteiger partial charge in [0, 0.05) is 12.6 Å². The molecule has 17 heavy (non-hydrogen) atoms. The van der Waals surface area contributed by atoms with Gasteiger partial charge in [-0.2, -0.15) is 0 Å². The molecule has 0 aromatic heterocycles. The Bertz CT molecular complexity index is 315. The van der Waals surface area contributed by atoms with E-state index < -0.39 is 5.97 Å². The smallest absolute Gasteiger partial charge is 0.306 e. The van der Waals surface area contributed by atoms with Gasteiger partial charge in [0.15, 0.2) is 0 Å². The van der Waals surface area contributed by atoms with E-state index in [1.165, 1.54) is 0 Å². The van der Waals surface area contributed by atoms with Crippen molar-refractivity contribution in [2.24, 2.45) is 5.92 Å². The molecule has 2 saturated heterocycles. The van der Waals surface area contributed by atoms with Crippen molar-refractivity contribution in [1.82, 2.24) is 4.90 Å². The summed E-state index contributed by atoms with van der Waals surface area (Å²) >= 11 is 1.75. The normalized spacial score (nSPS) is 33.7. The molecule has 0 aromatic rings. The predicted octanol–water partition coefficient (Wildman–Crippen LogP) is 1.59. The van der Waals surface area contributed by atoms with Gasteiger partial charge in [0.05, 0.1) is 11.2 Å². The van der Waals surface area contributed by atoms with Crippen LogP contribution in [0.25, 0.3) is 0 Å². The van der Waals surface area contributed by atoms with E-state index in [4.69, 9.17) is 5.11 Å². The Hall–Kier alpha value is -0.710. The van der Waals surface area contributed by atoms with Crippen LogP contribution in [0.1, 0.15) is 32.6 Å². The lowest BCUT2D eigenvalue weighted by molar-refractivity contribution is -0.147. The molecule has 0 radical (unpaired) electrons. The summed E-state index contributed by atoms with van der Waals surface area (Å²) in [6, 6.07) is 0.0681. The van der Waals surface area contributed by atoms with Gasteiger partial charge in [-0.25, -0.2) is 0 Å². The van der Waals surface area contributed by atoms with E-state index in [0.29, 0.717) is 19.4 Å². The zero-order chi connectivity index (χ0) is 12.4. The van der Waals surface area contributed by atoms with E-state index >= 15 is 0 Å². The lowest BCUT2D eigenvalue weighted by atomic mass is 9.91. The fourth-order valence-corrected chi connectivity index (χ4v) is 3.91. The van der Waals surface area contributed by atoms with E-state index in [2.05, 4.69) is 0 Å². The van der Waals surface area contributed by atoms with Crippen molar-refractivity contribution < 1.29 is 14.7 Å². The van der Waals surface area contributed by atoms with E-state index in [1.54, 1.807) is 11.8 Å². The number of carbonyl (C=O) groups excluding carboxylic acids is 1. The first-order valence-corrected chi connectivity index (χ1v) is 7.29. The molecule has 0 saturated carbocycles. The number of piperidine rings is 1. The van der Waals surface area contributed by atoms with E-state index in [1.807, 2.05) is 11.8 Å². The summed E-state index contributed by atoms with van der Waals surface area (Å²) in [5, 5.41) is 9.11. The number of amides is 1. The van der Waals surface area contributed by atoms with E-state index in [-0.39, 0.29) is 23.1 Å². The van der Waals surface area contributed by atoms with Gasteiger partial charge in [-0.3, -0.25) is 9.59 Å². The van der Waals surface area contributed by atoms with Crippen molar-refractivity contribution in [2.75, 3.05) is 12.3 Å². The zero-order valence-electron chi connectivity index (χ0n) is 10.1. The van der Waals surface area contributed by atoms with Crippen molar-refractivity contribution in [1.29, 1.82) is 0 Å². The number of carbonyl (C=O) groups is 2. The van der Waals surface area contributed by atoms with Crippen LogP contribution < -0.4 is 0 Å². The highest BCUT2D eigenvalue weighted by molar-refractivity contribution is 8.00. The third kappa shape index (κ3) is 2.76. The van der Waals surface area contributed by atoms with Crippen LogP contribution in [0.15, 0.2) is 0 Å². The van der Waals surface area contributed by atoms with E-state index in [9.17, 15) is 9.59 Å². The molecule has 5 heteroatoms. The molecule has 3 unspecified atom stereocenters. The van der Waals surface area contributed by atoms with Crippen LogP contribution in [0.4, 0.5) is 0 Å². The molecule has 0 aromatic carbocycles. The molecule has 1 amide bonds. The van der Waals surface area contributed by atoms with Gasteiger partial charge < -0.3 is 10.0 Å². The van der Waals surface area contributed by atoms with Gasteiger partial charge in [0.2, 0.25) is 5.91 Å². The molecule has 0 bridgehead atoms. The number of hydrogen-bond donors (Lipinski definition) is 1. The Morgan fingerprint density at radius 2 is 2.12 bits per heavy atom. The average molecular weight is 257 g/mol. The number of hydrogen-bond acceptors (Lipinski definition) is 3.